The molecule has 0 heterocycles. The monoisotopic (exact) mass is 316 g/mol. The summed E-state index contributed by atoms with van der Waals surface area (Å²) >= 11 is 0. The van der Waals surface area contributed by atoms with Crippen LogP contribution in [0.25, 0.3) is 0 Å². The second kappa shape index (κ2) is 8.05. The molecule has 5 nitrogen and oxygen atoms in total. The summed E-state index contributed by atoms with van der Waals surface area (Å²) in [5.74, 6) is -1.44. The summed E-state index contributed by atoms with van der Waals surface area (Å²) in [7, 11) is 1.55. The number of amides is 2. The Labute approximate surface area is 133 Å². The maximum atomic E-state index is 13.6. The summed E-state index contributed by atoms with van der Waals surface area (Å²) in [6, 6.07) is 12.1. The van der Waals surface area contributed by atoms with Crippen molar-refractivity contribution in [1.29, 1.82) is 0 Å². The molecule has 0 bridgehead atoms. The van der Waals surface area contributed by atoms with Crippen LogP contribution in [-0.2, 0) is 4.74 Å². The van der Waals surface area contributed by atoms with Crippen molar-refractivity contribution < 1.29 is 18.7 Å². The second-order valence-electron chi connectivity index (χ2n) is 4.76. The molecule has 0 aliphatic heterocycles. The third-order valence-corrected chi connectivity index (χ3v) is 3.09. The van der Waals surface area contributed by atoms with Crippen LogP contribution >= 0.6 is 0 Å². The highest BCUT2D eigenvalue weighted by Crippen LogP contribution is 2.14. The van der Waals surface area contributed by atoms with Crippen LogP contribution in [-0.4, -0.2) is 32.1 Å². The van der Waals surface area contributed by atoms with E-state index in [2.05, 4.69) is 10.6 Å². The van der Waals surface area contributed by atoms with Gasteiger partial charge < -0.3 is 15.4 Å². The summed E-state index contributed by atoms with van der Waals surface area (Å²) in [5, 5.41) is 5.26. The first-order valence-electron chi connectivity index (χ1n) is 7.05. The number of anilines is 1. The number of carbonyl (C=O) groups excluding carboxylic acids is 2. The smallest absolute Gasteiger partial charge is 0.258 e. The fourth-order valence-electron chi connectivity index (χ4n) is 1.95. The van der Waals surface area contributed by atoms with Crippen LogP contribution in [0.4, 0.5) is 10.1 Å². The maximum absolute atomic E-state index is 13.6. The van der Waals surface area contributed by atoms with Crippen LogP contribution in [0, 0.1) is 5.82 Å². The minimum atomic E-state index is -0.599. The van der Waals surface area contributed by atoms with Crippen molar-refractivity contribution in [2.24, 2.45) is 0 Å². The van der Waals surface area contributed by atoms with E-state index in [1.807, 2.05) is 0 Å². The van der Waals surface area contributed by atoms with E-state index < -0.39 is 11.7 Å². The molecule has 0 fully saturated rings. The van der Waals surface area contributed by atoms with Crippen LogP contribution in [0.3, 0.4) is 0 Å². The van der Waals surface area contributed by atoms with Crippen LogP contribution in [0.15, 0.2) is 48.5 Å². The second-order valence-corrected chi connectivity index (χ2v) is 4.76. The van der Waals surface area contributed by atoms with E-state index in [4.69, 9.17) is 4.74 Å². The van der Waals surface area contributed by atoms with Crippen LogP contribution in [0.1, 0.15) is 20.7 Å². The van der Waals surface area contributed by atoms with E-state index in [9.17, 15) is 14.0 Å². The third-order valence-electron chi connectivity index (χ3n) is 3.09. The Kier molecular flexibility index (Phi) is 5.82. The van der Waals surface area contributed by atoms with E-state index >= 15 is 0 Å². The van der Waals surface area contributed by atoms with Gasteiger partial charge in [0.05, 0.1) is 12.2 Å². The molecule has 0 aromatic heterocycles. The first-order chi connectivity index (χ1) is 11.1. The van der Waals surface area contributed by atoms with Gasteiger partial charge in [-0.15, -0.1) is 0 Å². The highest BCUT2D eigenvalue weighted by Gasteiger charge is 2.12. The Balaban J connectivity index is 2.07. The summed E-state index contributed by atoms with van der Waals surface area (Å²) in [4.78, 5) is 24.0. The average molecular weight is 316 g/mol. The van der Waals surface area contributed by atoms with E-state index in [1.165, 1.54) is 24.3 Å². The minimum Gasteiger partial charge on any atom is -0.383 e. The highest BCUT2D eigenvalue weighted by atomic mass is 19.1. The van der Waals surface area contributed by atoms with Crippen molar-refractivity contribution in [3.05, 3.63) is 65.5 Å². The van der Waals surface area contributed by atoms with Gasteiger partial charge in [-0.3, -0.25) is 9.59 Å². The average Bonchev–Trinajstić information content (AvgIpc) is 2.55. The lowest BCUT2D eigenvalue weighted by Crippen LogP contribution is -2.27. The van der Waals surface area contributed by atoms with Gasteiger partial charge in [0.25, 0.3) is 11.8 Å². The summed E-state index contributed by atoms with van der Waals surface area (Å²) in [6.07, 6.45) is 0. The maximum Gasteiger partial charge on any atom is 0.258 e. The van der Waals surface area contributed by atoms with Crippen molar-refractivity contribution >= 4 is 17.5 Å². The Morgan fingerprint density at radius 1 is 1.09 bits per heavy atom. The molecular formula is C17H17FN2O3. The zero-order chi connectivity index (χ0) is 16.7. The standard InChI is InChI=1S/C17H17FN2O3/c1-23-10-9-19-16(21)12-5-4-6-13(11-12)20-17(22)14-7-2-3-8-15(14)18/h2-8,11H,9-10H2,1H3,(H,19,21)(H,20,22). The zero-order valence-electron chi connectivity index (χ0n) is 12.6. The molecule has 0 aliphatic carbocycles. The molecule has 0 aliphatic rings. The number of methoxy groups -OCH3 is 1. The van der Waals surface area contributed by atoms with Gasteiger partial charge in [-0.05, 0) is 30.3 Å². The molecule has 2 aromatic carbocycles. The van der Waals surface area contributed by atoms with Crippen molar-refractivity contribution in [2.45, 2.75) is 0 Å². The molecule has 120 valence electrons. The predicted molar refractivity (Wildman–Crippen MR) is 85.0 cm³/mol. The highest BCUT2D eigenvalue weighted by molar-refractivity contribution is 6.05. The number of carbonyl (C=O) groups is 2. The molecule has 0 unspecified atom stereocenters. The first kappa shape index (κ1) is 16.6. The molecule has 2 amide bonds. The molecule has 0 spiro atoms. The molecule has 0 radical (unpaired) electrons. The van der Waals surface area contributed by atoms with E-state index in [-0.39, 0.29) is 11.5 Å². The Hall–Kier alpha value is -2.73. The largest absolute Gasteiger partial charge is 0.383 e. The van der Waals surface area contributed by atoms with Crippen molar-refractivity contribution in [2.75, 3.05) is 25.6 Å². The summed E-state index contributed by atoms with van der Waals surface area (Å²) in [5.41, 5.74) is 0.757. The fraction of sp³-hybridized carbons (Fsp3) is 0.176. The Morgan fingerprint density at radius 2 is 1.87 bits per heavy atom. The Morgan fingerprint density at radius 3 is 2.61 bits per heavy atom. The van der Waals surface area contributed by atoms with E-state index in [1.54, 1.807) is 31.4 Å². The molecule has 6 heteroatoms. The number of hydrogen-bond donors (Lipinski definition) is 2. The summed E-state index contributed by atoms with van der Waals surface area (Å²) in [6.45, 7) is 0.802. The van der Waals surface area contributed by atoms with E-state index in [0.29, 0.717) is 24.4 Å². The normalized spacial score (nSPS) is 10.2. The number of nitrogens with one attached hydrogen (secondary N) is 2. The Bertz CT molecular complexity index is 704. The van der Waals surface area contributed by atoms with Crippen molar-refractivity contribution in [1.82, 2.24) is 5.32 Å². The molecule has 2 rings (SSSR count). The molecular weight excluding hydrogens is 299 g/mol. The number of rotatable bonds is 6. The number of ether oxygens (including phenoxy) is 1. The molecule has 2 aromatic rings. The molecule has 2 N–H and O–H groups in total. The topological polar surface area (TPSA) is 67.4 Å². The molecule has 0 saturated heterocycles. The lowest BCUT2D eigenvalue weighted by Gasteiger charge is -2.08. The zero-order valence-corrected chi connectivity index (χ0v) is 12.6. The van der Waals surface area contributed by atoms with Crippen LogP contribution in [0.5, 0.6) is 0 Å². The van der Waals surface area contributed by atoms with Gasteiger partial charge in [0.1, 0.15) is 5.82 Å². The molecule has 0 atom stereocenters. The fourth-order valence-corrected chi connectivity index (χ4v) is 1.95. The van der Waals surface area contributed by atoms with Crippen LogP contribution < -0.4 is 10.6 Å². The first-order valence-corrected chi connectivity index (χ1v) is 7.05. The third kappa shape index (κ3) is 4.62. The molecule has 23 heavy (non-hydrogen) atoms. The van der Waals surface area contributed by atoms with Crippen LogP contribution in [0.2, 0.25) is 0 Å². The number of hydrogen-bond acceptors (Lipinski definition) is 3. The number of halogens is 1. The summed E-state index contributed by atoms with van der Waals surface area (Å²) < 4.78 is 18.4. The van der Waals surface area contributed by atoms with Gasteiger partial charge in [0.2, 0.25) is 0 Å². The quantitative estimate of drug-likeness (QED) is 0.805. The van der Waals surface area contributed by atoms with Gasteiger partial charge in [0.15, 0.2) is 0 Å². The lowest BCUT2D eigenvalue weighted by atomic mass is 10.1. The van der Waals surface area contributed by atoms with Gasteiger partial charge >= 0.3 is 0 Å². The van der Waals surface area contributed by atoms with Crippen molar-refractivity contribution in [3.8, 4) is 0 Å². The minimum absolute atomic E-state index is 0.0533. The SMILES string of the molecule is COCCNC(=O)c1cccc(NC(=O)c2ccccc2F)c1. The van der Waals surface area contributed by atoms with Gasteiger partial charge in [-0.2, -0.15) is 0 Å². The number of benzene rings is 2. The van der Waals surface area contributed by atoms with Gasteiger partial charge in [-0.25, -0.2) is 4.39 Å². The lowest BCUT2D eigenvalue weighted by molar-refractivity contribution is 0.0936. The predicted octanol–water partition coefficient (Wildman–Crippen LogP) is 2.45. The van der Waals surface area contributed by atoms with E-state index in [0.717, 1.165) is 0 Å². The van der Waals surface area contributed by atoms with Gasteiger partial charge in [-0.1, -0.05) is 18.2 Å². The molecule has 0 saturated carbocycles. The van der Waals surface area contributed by atoms with Crippen molar-refractivity contribution in [3.63, 3.8) is 0 Å². The van der Waals surface area contributed by atoms with Gasteiger partial charge in [0, 0.05) is 24.9 Å².